The molecule has 0 amide bonds. The molecule has 3 nitrogen and oxygen atoms in total. The maximum absolute atomic E-state index is 8.83. The fraction of sp³-hybridized carbons (Fsp3) is 0.700. The first kappa shape index (κ1) is 11.6. The topological polar surface area (TPSA) is 45.2 Å². The molecule has 0 aliphatic heterocycles. The van der Waals surface area contributed by atoms with Crippen molar-refractivity contribution in [1.82, 2.24) is 10.3 Å². The summed E-state index contributed by atoms with van der Waals surface area (Å²) >= 11 is 1.70. The Bertz CT molecular complexity index is 273. The lowest BCUT2D eigenvalue weighted by atomic mass is 10.2. The van der Waals surface area contributed by atoms with E-state index in [1.165, 1.54) is 5.01 Å². The lowest BCUT2D eigenvalue weighted by molar-refractivity contribution is 0.250. The molecule has 80 valence electrons. The van der Waals surface area contributed by atoms with Crippen LogP contribution in [0.15, 0.2) is 5.38 Å². The molecule has 0 aliphatic rings. The van der Waals surface area contributed by atoms with E-state index in [0.29, 0.717) is 5.92 Å². The number of thiazole rings is 1. The van der Waals surface area contributed by atoms with E-state index in [4.69, 9.17) is 5.11 Å². The molecular formula is C10H18N2OS. The Labute approximate surface area is 89.2 Å². The summed E-state index contributed by atoms with van der Waals surface area (Å²) in [5.74, 6) is 0.504. The van der Waals surface area contributed by atoms with Gasteiger partial charge in [0.05, 0.1) is 17.3 Å². The van der Waals surface area contributed by atoms with E-state index in [1.807, 2.05) is 6.92 Å². The number of nitrogens with zero attached hydrogens (tertiary/aromatic N) is 1. The molecule has 1 atom stereocenters. The van der Waals surface area contributed by atoms with Crippen LogP contribution in [0.25, 0.3) is 0 Å². The number of aliphatic hydroxyl groups excluding tert-OH is 1. The van der Waals surface area contributed by atoms with Crippen LogP contribution < -0.4 is 5.32 Å². The predicted molar refractivity (Wildman–Crippen MR) is 59.6 cm³/mol. The van der Waals surface area contributed by atoms with Gasteiger partial charge in [0.2, 0.25) is 0 Å². The summed E-state index contributed by atoms with van der Waals surface area (Å²) < 4.78 is 0. The molecule has 0 saturated heterocycles. The molecule has 1 aromatic rings. The van der Waals surface area contributed by atoms with Crippen LogP contribution in [0.4, 0.5) is 0 Å². The van der Waals surface area contributed by atoms with Gasteiger partial charge in [0, 0.05) is 23.9 Å². The minimum atomic E-state index is 0.138. The average Bonchev–Trinajstić information content (AvgIpc) is 2.62. The fourth-order valence-corrected chi connectivity index (χ4v) is 1.85. The predicted octanol–water partition coefficient (Wildman–Crippen LogP) is 1.74. The third kappa shape index (κ3) is 3.36. The van der Waals surface area contributed by atoms with E-state index in [1.54, 1.807) is 11.3 Å². The number of hydrogen-bond donors (Lipinski definition) is 2. The molecule has 0 bridgehead atoms. The maximum atomic E-state index is 8.83. The molecule has 0 spiro atoms. The van der Waals surface area contributed by atoms with Crippen molar-refractivity contribution in [2.75, 3.05) is 6.61 Å². The number of aromatic nitrogens is 1. The van der Waals surface area contributed by atoms with Crippen LogP contribution in [0.1, 0.15) is 37.4 Å². The summed E-state index contributed by atoms with van der Waals surface area (Å²) in [4.78, 5) is 4.49. The van der Waals surface area contributed by atoms with E-state index in [0.717, 1.165) is 12.2 Å². The Kier molecular flexibility index (Phi) is 4.51. The second kappa shape index (κ2) is 5.44. The molecule has 4 heteroatoms. The van der Waals surface area contributed by atoms with Crippen molar-refractivity contribution in [3.05, 3.63) is 16.1 Å². The third-order valence-electron chi connectivity index (χ3n) is 1.97. The minimum absolute atomic E-state index is 0.138. The number of nitrogens with one attached hydrogen (secondary N) is 1. The molecule has 0 radical (unpaired) electrons. The highest BCUT2D eigenvalue weighted by Gasteiger charge is 2.06. The lowest BCUT2D eigenvalue weighted by Gasteiger charge is -2.08. The van der Waals surface area contributed by atoms with Gasteiger partial charge in [-0.15, -0.1) is 11.3 Å². The van der Waals surface area contributed by atoms with Crippen LogP contribution in [0, 0.1) is 0 Å². The van der Waals surface area contributed by atoms with E-state index in [2.05, 4.69) is 29.5 Å². The molecule has 14 heavy (non-hydrogen) atoms. The molecule has 0 aromatic carbocycles. The Morgan fingerprint density at radius 2 is 2.21 bits per heavy atom. The number of aliphatic hydroxyl groups is 1. The molecule has 0 saturated carbocycles. The van der Waals surface area contributed by atoms with E-state index >= 15 is 0 Å². The van der Waals surface area contributed by atoms with Crippen molar-refractivity contribution in [2.24, 2.45) is 0 Å². The van der Waals surface area contributed by atoms with Gasteiger partial charge in [-0.25, -0.2) is 4.98 Å². The summed E-state index contributed by atoms with van der Waals surface area (Å²) in [5, 5.41) is 15.3. The summed E-state index contributed by atoms with van der Waals surface area (Å²) in [6.07, 6.45) is 0. The highest BCUT2D eigenvalue weighted by molar-refractivity contribution is 7.09. The van der Waals surface area contributed by atoms with Crippen molar-refractivity contribution in [1.29, 1.82) is 0 Å². The monoisotopic (exact) mass is 214 g/mol. The fourth-order valence-electron chi connectivity index (χ4n) is 1.01. The number of rotatable bonds is 5. The van der Waals surface area contributed by atoms with Crippen LogP contribution in [0.3, 0.4) is 0 Å². The van der Waals surface area contributed by atoms with Crippen molar-refractivity contribution >= 4 is 11.3 Å². The van der Waals surface area contributed by atoms with Crippen LogP contribution in [-0.2, 0) is 6.54 Å². The first-order valence-electron chi connectivity index (χ1n) is 4.92. The van der Waals surface area contributed by atoms with Crippen LogP contribution >= 0.6 is 11.3 Å². The van der Waals surface area contributed by atoms with Gasteiger partial charge >= 0.3 is 0 Å². The smallest absolute Gasteiger partial charge is 0.0954 e. The average molecular weight is 214 g/mol. The largest absolute Gasteiger partial charge is 0.395 e. The Balaban J connectivity index is 2.44. The summed E-state index contributed by atoms with van der Waals surface area (Å²) in [7, 11) is 0. The van der Waals surface area contributed by atoms with E-state index in [-0.39, 0.29) is 12.6 Å². The quantitative estimate of drug-likeness (QED) is 0.784. The zero-order chi connectivity index (χ0) is 10.6. The molecule has 1 heterocycles. The van der Waals surface area contributed by atoms with Crippen molar-refractivity contribution < 1.29 is 5.11 Å². The van der Waals surface area contributed by atoms with Gasteiger partial charge in [-0.3, -0.25) is 0 Å². The van der Waals surface area contributed by atoms with Crippen LogP contribution in [0.5, 0.6) is 0 Å². The highest BCUT2D eigenvalue weighted by atomic mass is 32.1. The van der Waals surface area contributed by atoms with Gasteiger partial charge in [-0.05, 0) is 6.92 Å². The summed E-state index contributed by atoms with van der Waals surface area (Å²) in [5.41, 5.74) is 1.07. The summed E-state index contributed by atoms with van der Waals surface area (Å²) in [6.45, 7) is 7.15. The van der Waals surface area contributed by atoms with Gasteiger partial charge in [0.15, 0.2) is 0 Å². The lowest BCUT2D eigenvalue weighted by Crippen LogP contribution is -2.28. The number of hydrogen-bond acceptors (Lipinski definition) is 4. The molecule has 1 rings (SSSR count). The molecule has 0 unspecified atom stereocenters. The normalized spacial score (nSPS) is 13.5. The zero-order valence-corrected chi connectivity index (χ0v) is 9.77. The van der Waals surface area contributed by atoms with E-state index in [9.17, 15) is 0 Å². The Hall–Kier alpha value is -0.450. The molecule has 0 aliphatic carbocycles. The van der Waals surface area contributed by atoms with Gasteiger partial charge in [-0.2, -0.15) is 0 Å². The second-order valence-corrected chi connectivity index (χ2v) is 4.69. The van der Waals surface area contributed by atoms with Gasteiger partial charge < -0.3 is 10.4 Å². The van der Waals surface area contributed by atoms with Crippen molar-refractivity contribution in [3.63, 3.8) is 0 Å². The Morgan fingerprint density at radius 1 is 1.50 bits per heavy atom. The first-order valence-corrected chi connectivity index (χ1v) is 5.80. The minimum Gasteiger partial charge on any atom is -0.395 e. The first-order chi connectivity index (χ1) is 6.63. The van der Waals surface area contributed by atoms with Crippen molar-refractivity contribution in [2.45, 2.75) is 39.3 Å². The standard InChI is InChI=1S/C10H18N2OS/c1-7(2)10-12-9(6-14-10)4-11-8(3)5-13/h6-8,11,13H,4-5H2,1-3H3/t8-/m0/s1. The van der Waals surface area contributed by atoms with E-state index < -0.39 is 0 Å². The highest BCUT2D eigenvalue weighted by Crippen LogP contribution is 2.18. The molecular weight excluding hydrogens is 196 g/mol. The Morgan fingerprint density at radius 3 is 2.71 bits per heavy atom. The third-order valence-corrected chi connectivity index (χ3v) is 3.16. The van der Waals surface area contributed by atoms with Gasteiger partial charge in [0.25, 0.3) is 0 Å². The molecule has 1 aromatic heterocycles. The maximum Gasteiger partial charge on any atom is 0.0954 e. The second-order valence-electron chi connectivity index (χ2n) is 3.80. The summed E-state index contributed by atoms with van der Waals surface area (Å²) in [6, 6.07) is 0.138. The molecule has 0 fully saturated rings. The molecule has 2 N–H and O–H groups in total. The van der Waals surface area contributed by atoms with Gasteiger partial charge in [0.1, 0.15) is 0 Å². The van der Waals surface area contributed by atoms with Crippen molar-refractivity contribution in [3.8, 4) is 0 Å². The van der Waals surface area contributed by atoms with Crippen LogP contribution in [-0.4, -0.2) is 22.7 Å². The van der Waals surface area contributed by atoms with Crippen LogP contribution in [0.2, 0.25) is 0 Å². The zero-order valence-electron chi connectivity index (χ0n) is 8.95. The SMILES string of the molecule is CC(C)c1nc(CN[C@@H](C)CO)cs1. The van der Waals surface area contributed by atoms with Gasteiger partial charge in [-0.1, -0.05) is 13.8 Å².